The molecule has 1 unspecified atom stereocenters. The Hall–Kier alpha value is -2.96. The molecule has 1 amide bonds. The van der Waals surface area contributed by atoms with E-state index in [-0.39, 0.29) is 11.8 Å². The van der Waals surface area contributed by atoms with Gasteiger partial charge in [-0.05, 0) is 44.7 Å². The number of anilines is 1. The second-order valence-corrected chi connectivity index (χ2v) is 9.33. The third-order valence-electron chi connectivity index (χ3n) is 6.89. The van der Waals surface area contributed by atoms with Gasteiger partial charge < -0.3 is 10.2 Å². The molecule has 1 saturated heterocycles. The lowest BCUT2D eigenvalue weighted by molar-refractivity contribution is -0.126. The molecule has 1 aliphatic carbocycles. The van der Waals surface area contributed by atoms with Crippen LogP contribution in [0, 0.1) is 12.8 Å². The average Bonchev–Trinajstić information content (AvgIpc) is 3.09. The average molecular weight is 433 g/mol. The first-order valence-electron chi connectivity index (χ1n) is 12.0. The van der Waals surface area contributed by atoms with E-state index in [0.717, 1.165) is 49.1 Å². The molecule has 7 heteroatoms. The van der Waals surface area contributed by atoms with E-state index in [1.165, 1.54) is 31.2 Å². The molecule has 32 heavy (non-hydrogen) atoms. The number of carbonyl (C=O) groups excluding carboxylic acids is 1. The van der Waals surface area contributed by atoms with Crippen LogP contribution in [0.1, 0.15) is 56.9 Å². The molecule has 1 atom stereocenters. The summed E-state index contributed by atoms with van der Waals surface area (Å²) in [7, 11) is 0. The minimum Gasteiger partial charge on any atom is -0.355 e. The molecule has 0 spiro atoms. The van der Waals surface area contributed by atoms with Crippen LogP contribution >= 0.6 is 0 Å². The van der Waals surface area contributed by atoms with Gasteiger partial charge in [0, 0.05) is 25.3 Å². The standard InChI is InChI=1S/C25H32N6O/c1-18-10-12-21(13-11-18)31-16-22-23(29-31)26-17-27-24(22)30-14-6-7-19(15-30)25(32)28-20-8-4-2-3-5-9-20/h10-13,16-17,19-20H,2-9,14-15H2,1H3,(H,28,32). The van der Waals surface area contributed by atoms with Crippen molar-refractivity contribution in [3.63, 3.8) is 0 Å². The number of aromatic nitrogens is 4. The molecule has 1 aliphatic heterocycles. The summed E-state index contributed by atoms with van der Waals surface area (Å²) in [5.41, 5.74) is 2.90. The highest BCUT2D eigenvalue weighted by atomic mass is 16.2. The molecular formula is C25H32N6O. The minimum atomic E-state index is 0.00385. The summed E-state index contributed by atoms with van der Waals surface area (Å²) in [6, 6.07) is 8.62. The van der Waals surface area contributed by atoms with Crippen molar-refractivity contribution in [2.75, 3.05) is 18.0 Å². The molecule has 0 radical (unpaired) electrons. The van der Waals surface area contributed by atoms with Crippen molar-refractivity contribution in [1.29, 1.82) is 0 Å². The summed E-state index contributed by atoms with van der Waals surface area (Å²) in [4.78, 5) is 24.3. The Bertz CT molecular complexity index is 1070. The summed E-state index contributed by atoms with van der Waals surface area (Å²) < 4.78 is 1.86. The number of nitrogens with zero attached hydrogens (tertiary/aromatic N) is 5. The second-order valence-electron chi connectivity index (χ2n) is 9.33. The Morgan fingerprint density at radius 3 is 2.56 bits per heavy atom. The number of benzene rings is 1. The molecule has 5 rings (SSSR count). The summed E-state index contributed by atoms with van der Waals surface area (Å²) >= 11 is 0. The van der Waals surface area contributed by atoms with Crippen molar-refractivity contribution in [3.8, 4) is 5.69 Å². The molecule has 7 nitrogen and oxygen atoms in total. The van der Waals surface area contributed by atoms with Crippen LogP contribution < -0.4 is 10.2 Å². The van der Waals surface area contributed by atoms with E-state index in [1.807, 2.05) is 10.9 Å². The van der Waals surface area contributed by atoms with Gasteiger partial charge in [-0.25, -0.2) is 14.6 Å². The van der Waals surface area contributed by atoms with Crippen LogP contribution in [0.5, 0.6) is 0 Å². The van der Waals surface area contributed by atoms with Gasteiger partial charge in [-0.15, -0.1) is 5.10 Å². The monoisotopic (exact) mass is 432 g/mol. The van der Waals surface area contributed by atoms with Crippen molar-refractivity contribution in [2.24, 2.45) is 5.92 Å². The Morgan fingerprint density at radius 2 is 1.78 bits per heavy atom. The molecule has 1 aromatic carbocycles. The van der Waals surface area contributed by atoms with E-state index in [4.69, 9.17) is 0 Å². The summed E-state index contributed by atoms with van der Waals surface area (Å²) in [5.74, 6) is 1.09. The highest BCUT2D eigenvalue weighted by molar-refractivity contribution is 5.87. The molecule has 2 aliphatic rings. The Balaban J connectivity index is 1.34. The van der Waals surface area contributed by atoms with E-state index in [0.29, 0.717) is 18.2 Å². The zero-order chi connectivity index (χ0) is 21.9. The van der Waals surface area contributed by atoms with Gasteiger partial charge >= 0.3 is 0 Å². The van der Waals surface area contributed by atoms with E-state index < -0.39 is 0 Å². The summed E-state index contributed by atoms with van der Waals surface area (Å²) in [6.45, 7) is 3.67. The van der Waals surface area contributed by atoms with Crippen LogP contribution in [0.4, 0.5) is 5.82 Å². The Labute approximate surface area is 189 Å². The predicted octanol–water partition coefficient (Wildman–Crippen LogP) is 4.18. The molecule has 0 bridgehead atoms. The van der Waals surface area contributed by atoms with Crippen LogP contribution in [0.25, 0.3) is 16.7 Å². The van der Waals surface area contributed by atoms with Crippen LogP contribution in [0.3, 0.4) is 0 Å². The van der Waals surface area contributed by atoms with E-state index in [9.17, 15) is 4.79 Å². The zero-order valence-electron chi connectivity index (χ0n) is 18.8. The number of piperidine rings is 1. The highest BCUT2D eigenvalue weighted by Gasteiger charge is 2.29. The SMILES string of the molecule is Cc1ccc(-n2cc3c(N4CCCC(C(=O)NC5CCCCCC5)C4)ncnc3n2)cc1. The van der Waals surface area contributed by atoms with Gasteiger partial charge in [-0.1, -0.05) is 43.4 Å². The number of nitrogens with one attached hydrogen (secondary N) is 1. The van der Waals surface area contributed by atoms with Crippen molar-refractivity contribution in [3.05, 3.63) is 42.4 Å². The largest absolute Gasteiger partial charge is 0.355 e. The number of aryl methyl sites for hydroxylation is 1. The molecular weight excluding hydrogens is 400 g/mol. The number of rotatable bonds is 4. The smallest absolute Gasteiger partial charge is 0.225 e. The van der Waals surface area contributed by atoms with Gasteiger partial charge in [-0.2, -0.15) is 0 Å². The lowest BCUT2D eigenvalue weighted by Crippen LogP contribution is -2.46. The second kappa shape index (κ2) is 9.27. The molecule has 168 valence electrons. The molecule has 1 N–H and O–H groups in total. The number of hydrogen-bond donors (Lipinski definition) is 1. The fraction of sp³-hybridized carbons (Fsp3) is 0.520. The topological polar surface area (TPSA) is 75.9 Å². The van der Waals surface area contributed by atoms with Gasteiger partial charge in [0.1, 0.15) is 12.1 Å². The van der Waals surface area contributed by atoms with E-state index in [2.05, 4.69) is 56.5 Å². The number of fused-ring (bicyclic) bond motifs is 1. The van der Waals surface area contributed by atoms with Gasteiger partial charge in [-0.3, -0.25) is 4.79 Å². The first-order valence-corrected chi connectivity index (χ1v) is 12.0. The van der Waals surface area contributed by atoms with Crippen molar-refractivity contribution >= 4 is 22.8 Å². The molecule has 3 heterocycles. The number of carbonyl (C=O) groups is 1. The van der Waals surface area contributed by atoms with Crippen LogP contribution in [-0.2, 0) is 4.79 Å². The molecule has 1 saturated carbocycles. The number of hydrogen-bond acceptors (Lipinski definition) is 5. The van der Waals surface area contributed by atoms with Gasteiger partial charge in [0.25, 0.3) is 0 Å². The van der Waals surface area contributed by atoms with Crippen molar-refractivity contribution in [2.45, 2.75) is 64.3 Å². The molecule has 3 aromatic rings. The Morgan fingerprint density at radius 1 is 1.00 bits per heavy atom. The maximum Gasteiger partial charge on any atom is 0.225 e. The minimum absolute atomic E-state index is 0.00385. The first kappa shape index (κ1) is 20.9. The maximum atomic E-state index is 13.0. The van der Waals surface area contributed by atoms with E-state index in [1.54, 1.807) is 6.33 Å². The van der Waals surface area contributed by atoms with Gasteiger partial charge in [0.2, 0.25) is 5.91 Å². The first-order chi connectivity index (χ1) is 15.7. The highest BCUT2D eigenvalue weighted by Crippen LogP contribution is 2.28. The van der Waals surface area contributed by atoms with E-state index >= 15 is 0 Å². The van der Waals surface area contributed by atoms with Crippen molar-refractivity contribution in [1.82, 2.24) is 25.1 Å². The Kier molecular flexibility index (Phi) is 6.06. The fourth-order valence-corrected chi connectivity index (χ4v) is 5.03. The van der Waals surface area contributed by atoms with Crippen LogP contribution in [0.15, 0.2) is 36.8 Å². The van der Waals surface area contributed by atoms with Crippen LogP contribution in [-0.4, -0.2) is 44.8 Å². The summed E-state index contributed by atoms with van der Waals surface area (Å²) in [6.07, 6.45) is 12.8. The summed E-state index contributed by atoms with van der Waals surface area (Å²) in [5, 5.41) is 8.95. The van der Waals surface area contributed by atoms with Gasteiger partial charge in [0.05, 0.1) is 17.0 Å². The van der Waals surface area contributed by atoms with Gasteiger partial charge in [0.15, 0.2) is 5.65 Å². The number of amides is 1. The predicted molar refractivity (Wildman–Crippen MR) is 126 cm³/mol. The third-order valence-corrected chi connectivity index (χ3v) is 6.89. The zero-order valence-corrected chi connectivity index (χ0v) is 18.8. The third kappa shape index (κ3) is 4.47. The lowest BCUT2D eigenvalue weighted by atomic mass is 9.96. The quantitative estimate of drug-likeness (QED) is 0.626. The van der Waals surface area contributed by atoms with Crippen LogP contribution in [0.2, 0.25) is 0 Å². The normalized spacial score (nSPS) is 20.3. The lowest BCUT2D eigenvalue weighted by Gasteiger charge is -2.33. The molecule has 2 fully saturated rings. The maximum absolute atomic E-state index is 13.0. The fourth-order valence-electron chi connectivity index (χ4n) is 5.03. The van der Waals surface area contributed by atoms with Crippen molar-refractivity contribution < 1.29 is 4.79 Å². The molecule has 2 aromatic heterocycles.